The number of carbonyl (C=O) groups is 1. The molecule has 1 amide bonds. The van der Waals surface area contributed by atoms with Crippen molar-refractivity contribution in [1.82, 2.24) is 24.4 Å². The number of carbonyl (C=O) groups excluding carboxylic acids is 1. The Bertz CT molecular complexity index is 987. The normalized spacial score (nSPS) is 13.8. The van der Waals surface area contributed by atoms with Gasteiger partial charge in [-0.25, -0.2) is 9.97 Å². The molecule has 1 aromatic carbocycles. The number of nitrogens with zero attached hydrogens (tertiary/aromatic N) is 4. The molecular formula is C19H21N5O2. The molecule has 1 N–H and O–H groups in total. The molecule has 1 fully saturated rings. The van der Waals surface area contributed by atoms with E-state index in [-0.39, 0.29) is 17.9 Å². The molecule has 0 bridgehead atoms. The minimum absolute atomic E-state index is 0.0712. The number of benzene rings is 1. The van der Waals surface area contributed by atoms with Crippen LogP contribution in [-0.2, 0) is 17.9 Å². The summed E-state index contributed by atoms with van der Waals surface area (Å²) in [5.41, 5.74) is 0.556. The largest absolute Gasteiger partial charge is 0.354 e. The summed E-state index contributed by atoms with van der Waals surface area (Å²) in [5, 5.41) is 3.48. The average Bonchev–Trinajstić information content (AvgIpc) is 3.40. The molecule has 0 saturated heterocycles. The number of aryl methyl sites for hydroxylation is 1. The van der Waals surface area contributed by atoms with Crippen LogP contribution in [0.3, 0.4) is 0 Å². The number of imidazole rings is 1. The Balaban J connectivity index is 1.29. The number of nitrogens with one attached hydrogen (secondary N) is 1. The van der Waals surface area contributed by atoms with Gasteiger partial charge in [0.05, 0.1) is 17.2 Å². The molecule has 0 aliphatic heterocycles. The monoisotopic (exact) mass is 351 g/mol. The number of aromatic nitrogens is 4. The summed E-state index contributed by atoms with van der Waals surface area (Å²) in [6.07, 6.45) is 7.94. The van der Waals surface area contributed by atoms with Crippen molar-refractivity contribution in [1.29, 1.82) is 0 Å². The molecule has 1 aliphatic rings. The Morgan fingerprint density at radius 2 is 2.00 bits per heavy atom. The topological polar surface area (TPSA) is 81.8 Å². The number of fused-ring (bicyclic) bond motifs is 1. The maximum absolute atomic E-state index is 12.4. The van der Waals surface area contributed by atoms with Gasteiger partial charge in [-0.05, 0) is 25.0 Å². The third-order valence-electron chi connectivity index (χ3n) is 4.68. The lowest BCUT2D eigenvalue weighted by atomic mass is 10.2. The summed E-state index contributed by atoms with van der Waals surface area (Å²) in [6, 6.07) is 7.22. The first-order chi connectivity index (χ1) is 12.7. The van der Waals surface area contributed by atoms with Crippen molar-refractivity contribution >= 4 is 16.8 Å². The fraction of sp³-hybridized carbons (Fsp3) is 0.368. The van der Waals surface area contributed by atoms with E-state index >= 15 is 0 Å². The third-order valence-corrected chi connectivity index (χ3v) is 4.68. The lowest BCUT2D eigenvalue weighted by Gasteiger charge is -2.09. The standard InChI is InChI=1S/C19H21N5O2/c25-17(20-8-11-23-12-9-21-18(23)14-5-6-14)7-10-24-13-22-16-4-2-1-3-15(16)19(24)26/h1-4,9,12-14H,5-8,10-11H2,(H,20,25). The van der Waals surface area contributed by atoms with Crippen LogP contribution in [0.15, 0.2) is 47.8 Å². The van der Waals surface area contributed by atoms with Crippen molar-refractivity contribution in [2.45, 2.75) is 38.3 Å². The van der Waals surface area contributed by atoms with Gasteiger partial charge in [-0.1, -0.05) is 12.1 Å². The van der Waals surface area contributed by atoms with Gasteiger partial charge in [0.15, 0.2) is 0 Å². The van der Waals surface area contributed by atoms with Gasteiger partial charge < -0.3 is 9.88 Å². The molecule has 0 unspecified atom stereocenters. The molecular weight excluding hydrogens is 330 g/mol. The number of para-hydroxylation sites is 1. The fourth-order valence-corrected chi connectivity index (χ4v) is 3.10. The summed E-state index contributed by atoms with van der Waals surface area (Å²) in [5.74, 6) is 1.64. The van der Waals surface area contributed by atoms with Crippen molar-refractivity contribution in [3.05, 3.63) is 59.2 Å². The molecule has 0 spiro atoms. The van der Waals surface area contributed by atoms with Crippen LogP contribution in [0.25, 0.3) is 10.9 Å². The van der Waals surface area contributed by atoms with Gasteiger partial charge in [0.1, 0.15) is 5.82 Å². The second-order valence-electron chi connectivity index (χ2n) is 6.61. The van der Waals surface area contributed by atoms with Gasteiger partial charge in [0.25, 0.3) is 5.56 Å². The second-order valence-corrected chi connectivity index (χ2v) is 6.61. The van der Waals surface area contributed by atoms with Crippen molar-refractivity contribution in [2.75, 3.05) is 6.54 Å². The highest BCUT2D eigenvalue weighted by atomic mass is 16.1. The van der Waals surface area contributed by atoms with E-state index in [1.54, 1.807) is 12.1 Å². The maximum Gasteiger partial charge on any atom is 0.261 e. The quantitative estimate of drug-likeness (QED) is 0.702. The molecule has 7 nitrogen and oxygen atoms in total. The highest BCUT2D eigenvalue weighted by Gasteiger charge is 2.27. The summed E-state index contributed by atoms with van der Waals surface area (Å²) in [6.45, 7) is 1.59. The summed E-state index contributed by atoms with van der Waals surface area (Å²) < 4.78 is 3.60. The smallest absolute Gasteiger partial charge is 0.261 e. The Hall–Kier alpha value is -2.96. The predicted molar refractivity (Wildman–Crippen MR) is 97.8 cm³/mol. The molecule has 0 atom stereocenters. The van der Waals surface area contributed by atoms with Crippen molar-refractivity contribution < 1.29 is 4.79 Å². The van der Waals surface area contributed by atoms with Crippen molar-refractivity contribution in [3.63, 3.8) is 0 Å². The molecule has 1 aliphatic carbocycles. The van der Waals surface area contributed by atoms with E-state index in [9.17, 15) is 9.59 Å². The summed E-state index contributed by atoms with van der Waals surface area (Å²) in [4.78, 5) is 33.1. The molecule has 3 aromatic rings. The predicted octanol–water partition coefficient (Wildman–Crippen LogP) is 1.68. The highest BCUT2D eigenvalue weighted by Crippen LogP contribution is 2.38. The zero-order valence-electron chi connectivity index (χ0n) is 14.5. The van der Waals surface area contributed by atoms with E-state index in [1.807, 2.05) is 24.5 Å². The van der Waals surface area contributed by atoms with Crippen LogP contribution in [0, 0.1) is 0 Å². The first kappa shape index (κ1) is 16.5. The van der Waals surface area contributed by atoms with Gasteiger partial charge in [-0.3, -0.25) is 14.2 Å². The molecule has 134 valence electrons. The van der Waals surface area contributed by atoms with E-state index in [4.69, 9.17) is 0 Å². The Kier molecular flexibility index (Phi) is 4.51. The lowest BCUT2D eigenvalue weighted by Crippen LogP contribution is -2.30. The third kappa shape index (κ3) is 3.51. The lowest BCUT2D eigenvalue weighted by molar-refractivity contribution is -0.121. The van der Waals surface area contributed by atoms with Crippen LogP contribution in [0.4, 0.5) is 0 Å². The molecule has 0 radical (unpaired) electrons. The van der Waals surface area contributed by atoms with Gasteiger partial charge >= 0.3 is 0 Å². The number of rotatable bonds is 7. The first-order valence-corrected chi connectivity index (χ1v) is 8.94. The summed E-state index contributed by atoms with van der Waals surface area (Å²) >= 11 is 0. The maximum atomic E-state index is 12.4. The molecule has 26 heavy (non-hydrogen) atoms. The Morgan fingerprint density at radius 1 is 1.15 bits per heavy atom. The zero-order chi connectivity index (χ0) is 17.9. The van der Waals surface area contributed by atoms with E-state index in [2.05, 4.69) is 19.9 Å². The Labute approximate surface area is 150 Å². The van der Waals surface area contributed by atoms with Crippen molar-refractivity contribution in [2.24, 2.45) is 0 Å². The van der Waals surface area contributed by atoms with E-state index in [0.29, 0.717) is 29.9 Å². The molecule has 1 saturated carbocycles. The van der Waals surface area contributed by atoms with Crippen LogP contribution in [0.2, 0.25) is 0 Å². The fourth-order valence-electron chi connectivity index (χ4n) is 3.10. The zero-order valence-corrected chi connectivity index (χ0v) is 14.5. The number of hydrogen-bond donors (Lipinski definition) is 1. The minimum Gasteiger partial charge on any atom is -0.354 e. The molecule has 4 rings (SSSR count). The summed E-state index contributed by atoms with van der Waals surface area (Å²) in [7, 11) is 0. The first-order valence-electron chi connectivity index (χ1n) is 8.94. The number of amides is 1. The average molecular weight is 351 g/mol. The second kappa shape index (κ2) is 7.11. The molecule has 7 heteroatoms. The van der Waals surface area contributed by atoms with Gasteiger partial charge in [-0.15, -0.1) is 0 Å². The highest BCUT2D eigenvalue weighted by molar-refractivity contribution is 5.77. The van der Waals surface area contributed by atoms with Crippen LogP contribution in [0.1, 0.15) is 31.0 Å². The minimum atomic E-state index is -0.115. The van der Waals surface area contributed by atoms with Crippen LogP contribution in [0.5, 0.6) is 0 Å². The SMILES string of the molecule is O=C(CCn1cnc2ccccc2c1=O)NCCn1ccnc1C1CC1. The van der Waals surface area contributed by atoms with Crippen LogP contribution >= 0.6 is 0 Å². The molecule has 2 heterocycles. The van der Waals surface area contributed by atoms with E-state index in [1.165, 1.54) is 23.7 Å². The Morgan fingerprint density at radius 3 is 2.85 bits per heavy atom. The van der Waals surface area contributed by atoms with Gasteiger partial charge in [-0.2, -0.15) is 0 Å². The van der Waals surface area contributed by atoms with E-state index < -0.39 is 0 Å². The number of hydrogen-bond acceptors (Lipinski definition) is 4. The van der Waals surface area contributed by atoms with Gasteiger partial charge in [0, 0.05) is 44.4 Å². The van der Waals surface area contributed by atoms with Crippen LogP contribution < -0.4 is 10.9 Å². The van der Waals surface area contributed by atoms with Crippen LogP contribution in [-0.4, -0.2) is 31.6 Å². The van der Waals surface area contributed by atoms with E-state index in [0.717, 1.165) is 12.4 Å². The molecule has 2 aromatic heterocycles. The van der Waals surface area contributed by atoms with Gasteiger partial charge in [0.2, 0.25) is 5.91 Å². The van der Waals surface area contributed by atoms with Crippen molar-refractivity contribution in [3.8, 4) is 0 Å².